The van der Waals surface area contributed by atoms with Crippen LogP contribution in [0.5, 0.6) is 0 Å². The number of aliphatic carboxylic acids is 1. The molecule has 1 saturated carbocycles. The van der Waals surface area contributed by atoms with Gasteiger partial charge in [0.05, 0.1) is 17.5 Å². The Morgan fingerprint density at radius 1 is 0.949 bits per heavy atom. The van der Waals surface area contributed by atoms with Crippen molar-refractivity contribution < 1.29 is 14.7 Å². The molecule has 1 aromatic carbocycles. The highest BCUT2D eigenvalue weighted by molar-refractivity contribution is 6.00. The predicted octanol–water partition coefficient (Wildman–Crippen LogP) is 5.92. The largest absolute Gasteiger partial charge is 0.481 e. The minimum atomic E-state index is -0.945. The fraction of sp³-hybridized carbons (Fsp3) is 0.677. The van der Waals surface area contributed by atoms with E-state index in [0.29, 0.717) is 23.8 Å². The predicted molar refractivity (Wildman–Crippen MR) is 153 cm³/mol. The molecule has 1 N–H and O–H groups in total. The van der Waals surface area contributed by atoms with Crippen LogP contribution in [0, 0.1) is 5.92 Å². The molecule has 2 aliphatic heterocycles. The maximum atomic E-state index is 14.1. The van der Waals surface area contributed by atoms with E-state index in [1.807, 2.05) is 28.8 Å². The number of benzene rings is 1. The molecule has 2 saturated heterocycles. The summed E-state index contributed by atoms with van der Waals surface area (Å²) >= 11 is 0. The average Bonchev–Trinajstić information content (AvgIpc) is 3.01. The van der Waals surface area contributed by atoms with E-state index in [2.05, 4.69) is 22.0 Å². The second kappa shape index (κ2) is 12.6. The van der Waals surface area contributed by atoms with Crippen molar-refractivity contribution in [2.45, 2.75) is 121 Å². The normalized spacial score (nSPS) is 28.9. The van der Waals surface area contributed by atoms with Crippen molar-refractivity contribution >= 4 is 22.7 Å². The third-order valence-corrected chi connectivity index (χ3v) is 9.30. The first-order chi connectivity index (χ1) is 19.0. The summed E-state index contributed by atoms with van der Waals surface area (Å²) in [4.78, 5) is 38.0. The highest BCUT2D eigenvalue weighted by Gasteiger charge is 2.43. The quantitative estimate of drug-likeness (QED) is 0.349. The summed E-state index contributed by atoms with van der Waals surface area (Å²) in [7, 11) is 1.41. The number of carboxylic acid groups (broad SMARTS) is 1. The Bertz CT molecular complexity index is 1230. The molecule has 3 aliphatic rings. The number of nitrogens with zero attached hydrogens (tertiary/aromatic N) is 4. The van der Waals surface area contributed by atoms with Gasteiger partial charge in [-0.2, -0.15) is 0 Å². The van der Waals surface area contributed by atoms with Crippen molar-refractivity contribution in [2.75, 3.05) is 7.11 Å². The number of piperidine rings is 2. The Labute approximate surface area is 231 Å². The standard InChI is InChI=1S/C31H44N4O4/c1-21-10-5-3-4-6-11-22(18-21)34-23-12-9-13-24(34)20-25(19-23)35-28-15-8-7-14-26(28)32-30(31(35)38)27(33-39-2)16-17-29(36)37/h7-8,14-15,21-25H,3-6,9-13,16-20H2,1-2H3,(H,36,37)/b33-27+/t21-,22-,23-,24+,25?/m1/s1. The molecule has 8 heteroatoms. The summed E-state index contributed by atoms with van der Waals surface area (Å²) < 4.78 is 1.96. The lowest BCUT2D eigenvalue weighted by Gasteiger charge is -2.53. The van der Waals surface area contributed by atoms with Gasteiger partial charge in [0.15, 0.2) is 5.69 Å². The van der Waals surface area contributed by atoms with E-state index in [0.717, 1.165) is 29.8 Å². The van der Waals surface area contributed by atoms with Crippen molar-refractivity contribution in [2.24, 2.45) is 11.1 Å². The minimum absolute atomic E-state index is 0.0766. The minimum Gasteiger partial charge on any atom is -0.481 e. The maximum Gasteiger partial charge on any atom is 0.303 e. The molecule has 1 aromatic heterocycles. The Morgan fingerprint density at radius 2 is 1.62 bits per heavy atom. The summed E-state index contributed by atoms with van der Waals surface area (Å²) in [6.07, 6.45) is 14.9. The molecule has 0 radical (unpaired) electrons. The number of para-hydroxylation sites is 2. The summed E-state index contributed by atoms with van der Waals surface area (Å²) in [6, 6.07) is 9.49. The van der Waals surface area contributed by atoms with Crippen molar-refractivity contribution in [1.82, 2.24) is 14.5 Å². The Kier molecular flexibility index (Phi) is 9.00. The van der Waals surface area contributed by atoms with Gasteiger partial charge in [0.25, 0.3) is 5.56 Å². The van der Waals surface area contributed by atoms with Gasteiger partial charge in [-0.05, 0) is 56.6 Å². The highest BCUT2D eigenvalue weighted by Crippen LogP contribution is 2.43. The zero-order chi connectivity index (χ0) is 27.4. The highest BCUT2D eigenvalue weighted by atomic mass is 16.6. The van der Waals surface area contributed by atoms with Gasteiger partial charge in [-0.3, -0.25) is 14.5 Å². The van der Waals surface area contributed by atoms with Crippen LogP contribution < -0.4 is 5.56 Å². The van der Waals surface area contributed by atoms with Crippen molar-refractivity contribution in [3.63, 3.8) is 0 Å². The molecule has 3 heterocycles. The molecule has 5 rings (SSSR count). The molecule has 1 aliphatic carbocycles. The van der Waals surface area contributed by atoms with Gasteiger partial charge in [0.2, 0.25) is 0 Å². The van der Waals surface area contributed by atoms with Gasteiger partial charge in [0, 0.05) is 30.6 Å². The van der Waals surface area contributed by atoms with Crippen LogP contribution in [0.15, 0.2) is 34.2 Å². The van der Waals surface area contributed by atoms with Crippen LogP contribution in [0.25, 0.3) is 11.0 Å². The number of carboxylic acids is 1. The van der Waals surface area contributed by atoms with Crippen LogP contribution in [0.4, 0.5) is 0 Å². The summed E-state index contributed by atoms with van der Waals surface area (Å²) in [5.74, 6) is -0.176. The topological polar surface area (TPSA) is 97.0 Å². The van der Waals surface area contributed by atoms with Crippen molar-refractivity contribution in [3.8, 4) is 0 Å². The monoisotopic (exact) mass is 536 g/mol. The first kappa shape index (κ1) is 27.8. The number of hydrogen-bond donors (Lipinski definition) is 1. The van der Waals surface area contributed by atoms with Crippen molar-refractivity contribution in [3.05, 3.63) is 40.3 Å². The van der Waals surface area contributed by atoms with E-state index < -0.39 is 5.97 Å². The van der Waals surface area contributed by atoms with E-state index >= 15 is 0 Å². The van der Waals surface area contributed by atoms with Crippen LogP contribution >= 0.6 is 0 Å². The maximum absolute atomic E-state index is 14.1. The molecule has 0 spiro atoms. The third-order valence-electron chi connectivity index (χ3n) is 9.30. The molecule has 212 valence electrons. The number of aromatic nitrogens is 2. The summed E-state index contributed by atoms with van der Waals surface area (Å²) in [5.41, 5.74) is 1.87. The third kappa shape index (κ3) is 6.21. The number of oxime groups is 1. The fourth-order valence-electron chi connectivity index (χ4n) is 7.64. The lowest BCUT2D eigenvalue weighted by molar-refractivity contribution is -0.136. The number of carbonyl (C=O) groups is 1. The van der Waals surface area contributed by atoms with Crippen LogP contribution in [-0.2, 0) is 9.63 Å². The van der Waals surface area contributed by atoms with Gasteiger partial charge < -0.3 is 14.5 Å². The van der Waals surface area contributed by atoms with Gasteiger partial charge in [-0.25, -0.2) is 4.98 Å². The first-order valence-electron chi connectivity index (χ1n) is 15.1. The lowest BCUT2D eigenvalue weighted by atomic mass is 9.78. The van der Waals surface area contributed by atoms with Gasteiger partial charge in [0.1, 0.15) is 12.8 Å². The zero-order valence-electron chi connectivity index (χ0n) is 23.6. The van der Waals surface area contributed by atoms with E-state index in [-0.39, 0.29) is 30.1 Å². The van der Waals surface area contributed by atoms with Crippen LogP contribution in [-0.4, -0.2) is 56.5 Å². The summed E-state index contributed by atoms with van der Waals surface area (Å²) in [6.45, 7) is 2.44. The SMILES string of the molecule is CO/N=C(\CCC(=O)O)c1nc2ccccc2n(C2C[C@H]3CCC[C@@H](C2)N3[C@@H]2CCCCCC[C@@H](C)C2)c1=O. The molecule has 8 nitrogen and oxygen atoms in total. The van der Waals surface area contributed by atoms with Crippen LogP contribution in [0.2, 0.25) is 0 Å². The molecule has 0 amide bonds. The van der Waals surface area contributed by atoms with E-state index in [1.54, 1.807) is 0 Å². The molecular formula is C31H44N4O4. The Balaban J connectivity index is 1.50. The lowest BCUT2D eigenvalue weighted by Crippen LogP contribution is -2.57. The van der Waals surface area contributed by atoms with Crippen LogP contribution in [0.3, 0.4) is 0 Å². The average molecular weight is 537 g/mol. The zero-order valence-corrected chi connectivity index (χ0v) is 23.6. The molecule has 1 unspecified atom stereocenters. The van der Waals surface area contributed by atoms with Gasteiger partial charge >= 0.3 is 5.97 Å². The molecule has 39 heavy (non-hydrogen) atoms. The molecular weight excluding hydrogens is 492 g/mol. The smallest absolute Gasteiger partial charge is 0.303 e. The summed E-state index contributed by atoms with van der Waals surface area (Å²) in [5, 5.41) is 13.3. The number of hydrogen-bond acceptors (Lipinski definition) is 6. The number of rotatable bonds is 7. The van der Waals surface area contributed by atoms with Crippen molar-refractivity contribution in [1.29, 1.82) is 0 Å². The van der Waals surface area contributed by atoms with Gasteiger partial charge in [-0.15, -0.1) is 0 Å². The van der Waals surface area contributed by atoms with Crippen LogP contribution in [0.1, 0.15) is 109 Å². The second-order valence-electron chi connectivity index (χ2n) is 12.0. The Morgan fingerprint density at radius 3 is 2.33 bits per heavy atom. The van der Waals surface area contributed by atoms with Gasteiger partial charge in [-0.1, -0.05) is 62.7 Å². The molecule has 3 fully saturated rings. The Hall–Kier alpha value is -2.74. The first-order valence-corrected chi connectivity index (χ1v) is 15.1. The molecule has 5 atom stereocenters. The molecule has 2 bridgehead atoms. The molecule has 2 aromatic rings. The van der Waals surface area contributed by atoms with E-state index in [9.17, 15) is 14.7 Å². The number of fused-ring (bicyclic) bond motifs is 3. The fourth-order valence-corrected chi connectivity index (χ4v) is 7.64. The van der Waals surface area contributed by atoms with E-state index in [1.165, 1.54) is 71.3 Å². The van der Waals surface area contributed by atoms with E-state index in [4.69, 9.17) is 4.84 Å². The second-order valence-corrected chi connectivity index (χ2v) is 12.0.